The standard InChI is InChI=1S/C23H34O2.C22H32O3/c1-7-8-9-10-18-14-21(24-5)23(22(15-18)25-6)20-13-17(4)11-12-19(20)16(2)3;1-6-7-8-9-17-13-20(24-4)22(21(14-17)25-5)19-12-15(2)10-11-18(19)16(3)23/h13-15,19-20H,2,7-12H2,1,3-6H3;12-14,18-19H,6-11H2,1-5H3/t19-,20+;18-,19+/m00/s1/i2*3+1. The maximum atomic E-state index is 12.2. The minimum absolute atomic E-state index is 0.00237. The quantitative estimate of drug-likeness (QED) is 0.0998. The van der Waals surface area contributed by atoms with Crippen molar-refractivity contribution in [3.8, 4) is 23.0 Å². The molecule has 0 saturated carbocycles. The van der Waals surface area contributed by atoms with Crippen LogP contribution in [-0.4, -0.2) is 34.2 Å². The number of hydrogen-bond donors (Lipinski definition) is 0. The molecule has 2 aliphatic carbocycles. The summed E-state index contributed by atoms with van der Waals surface area (Å²) in [6, 6.07) is 8.67. The van der Waals surface area contributed by atoms with Gasteiger partial charge >= 0.3 is 0 Å². The van der Waals surface area contributed by atoms with E-state index in [9.17, 15) is 4.79 Å². The molecule has 50 heavy (non-hydrogen) atoms. The van der Waals surface area contributed by atoms with E-state index in [0.29, 0.717) is 5.92 Å². The number of carbonyl (C=O) groups is 1. The van der Waals surface area contributed by atoms with Gasteiger partial charge in [-0.2, -0.15) is 0 Å². The lowest BCUT2D eigenvalue weighted by molar-refractivity contribution is -0.121. The van der Waals surface area contributed by atoms with E-state index in [4.69, 9.17) is 18.9 Å². The fraction of sp³-hybridized carbons (Fsp3) is 0.578. The van der Waals surface area contributed by atoms with Crippen LogP contribution in [0.5, 0.6) is 23.0 Å². The molecule has 2 aliphatic rings. The number of hydrogen-bond acceptors (Lipinski definition) is 5. The fourth-order valence-electron chi connectivity index (χ4n) is 7.81. The molecular weight excluding hydrogens is 622 g/mol. The van der Waals surface area contributed by atoms with Crippen LogP contribution in [0, 0.1) is 11.8 Å². The number of Topliss-reactive ketones (excluding diaryl/α,β-unsaturated/α-hetero) is 1. The minimum Gasteiger partial charge on any atom is -0.496 e. The zero-order valence-corrected chi connectivity index (χ0v) is 33.0. The van der Waals surface area contributed by atoms with Crippen molar-refractivity contribution in [1.82, 2.24) is 0 Å². The lowest BCUT2D eigenvalue weighted by Gasteiger charge is -2.32. The number of rotatable bonds is 16. The van der Waals surface area contributed by atoms with Gasteiger partial charge in [0.1, 0.15) is 28.8 Å². The first-order valence-electron chi connectivity index (χ1n) is 19.0. The minimum atomic E-state index is -0.00237. The van der Waals surface area contributed by atoms with Crippen molar-refractivity contribution < 1.29 is 23.7 Å². The molecule has 4 atom stereocenters. The number of methoxy groups -OCH3 is 4. The topological polar surface area (TPSA) is 54.0 Å². The first-order valence-corrected chi connectivity index (χ1v) is 19.0. The molecule has 0 bridgehead atoms. The Morgan fingerprint density at radius 1 is 0.640 bits per heavy atom. The molecule has 0 saturated heterocycles. The van der Waals surface area contributed by atoms with Crippen LogP contribution in [0.25, 0.3) is 0 Å². The number of allylic oxidation sites excluding steroid dienone is 5. The van der Waals surface area contributed by atoms with E-state index in [-0.39, 0.29) is 23.5 Å². The Morgan fingerprint density at radius 2 is 1.00 bits per heavy atom. The third-order valence-electron chi connectivity index (χ3n) is 10.7. The molecule has 276 valence electrons. The smallest absolute Gasteiger partial charge is 0.133 e. The summed E-state index contributed by atoms with van der Waals surface area (Å²) < 4.78 is 23.1. The Labute approximate surface area is 304 Å². The van der Waals surface area contributed by atoms with Crippen molar-refractivity contribution in [3.05, 3.63) is 82.0 Å². The highest BCUT2D eigenvalue weighted by Gasteiger charge is 2.33. The van der Waals surface area contributed by atoms with Crippen LogP contribution in [0.1, 0.15) is 140 Å². The molecule has 0 amide bonds. The van der Waals surface area contributed by atoms with E-state index in [0.717, 1.165) is 67.1 Å². The van der Waals surface area contributed by atoms with Crippen LogP contribution in [0.15, 0.2) is 59.7 Å². The maximum absolute atomic E-state index is 12.2. The molecule has 0 fully saturated rings. The molecule has 0 aliphatic heterocycles. The first-order chi connectivity index (χ1) is 24.0. The Balaban J connectivity index is 0.000000270. The summed E-state index contributed by atoms with van der Waals surface area (Å²) in [5.74, 6) is 4.57. The van der Waals surface area contributed by atoms with Gasteiger partial charge in [0.25, 0.3) is 0 Å². The van der Waals surface area contributed by atoms with E-state index in [2.05, 4.69) is 77.6 Å². The predicted octanol–water partition coefficient (Wildman–Crippen LogP) is 11.9. The molecule has 0 N–H and O–H groups in total. The van der Waals surface area contributed by atoms with Gasteiger partial charge in [-0.25, -0.2) is 0 Å². The molecule has 0 aromatic heterocycles. The summed E-state index contributed by atoms with van der Waals surface area (Å²) in [6.45, 7) is 16.9. The Morgan fingerprint density at radius 3 is 1.32 bits per heavy atom. The number of benzene rings is 2. The van der Waals surface area contributed by atoms with Crippen LogP contribution in [0.2, 0.25) is 0 Å². The number of carbonyl (C=O) groups excluding carboxylic acids is 1. The highest BCUT2D eigenvalue weighted by Crippen LogP contribution is 2.48. The average Bonchev–Trinajstić information content (AvgIpc) is 3.10. The second-order valence-corrected chi connectivity index (χ2v) is 14.6. The second kappa shape index (κ2) is 20.4. The molecule has 2 aromatic rings. The zero-order valence-electron chi connectivity index (χ0n) is 33.0. The molecule has 0 spiro atoms. The molecule has 0 radical (unpaired) electrons. The third kappa shape index (κ3) is 10.8. The van der Waals surface area contributed by atoms with E-state index < -0.39 is 0 Å². The third-order valence-corrected chi connectivity index (χ3v) is 10.7. The van der Waals surface area contributed by atoms with E-state index >= 15 is 0 Å². The summed E-state index contributed by atoms with van der Waals surface area (Å²) in [4.78, 5) is 12.2. The van der Waals surface area contributed by atoms with Crippen LogP contribution >= 0.6 is 0 Å². The number of unbranched alkanes of at least 4 members (excludes halogenated alkanes) is 4. The molecule has 5 heteroatoms. The molecule has 4 rings (SSSR count). The predicted molar refractivity (Wildman–Crippen MR) is 209 cm³/mol. The Kier molecular flexibility index (Phi) is 16.7. The summed E-state index contributed by atoms with van der Waals surface area (Å²) in [5, 5.41) is 0. The largest absolute Gasteiger partial charge is 0.496 e. The van der Waals surface area contributed by atoms with E-state index in [1.165, 1.54) is 71.9 Å². The second-order valence-electron chi connectivity index (χ2n) is 14.6. The summed E-state index contributed by atoms with van der Waals surface area (Å²) >= 11 is 0. The molecule has 0 unspecified atom stereocenters. The molecular formula is C45H66O5. The van der Waals surface area contributed by atoms with Crippen molar-refractivity contribution in [1.29, 1.82) is 0 Å². The first kappa shape index (κ1) is 41.0. The molecule has 5 nitrogen and oxygen atoms in total. The van der Waals surface area contributed by atoms with Gasteiger partial charge in [0, 0.05) is 28.9 Å². The van der Waals surface area contributed by atoms with Crippen molar-refractivity contribution in [2.75, 3.05) is 28.4 Å². The van der Waals surface area contributed by atoms with Gasteiger partial charge < -0.3 is 18.9 Å². The van der Waals surface area contributed by atoms with Crippen molar-refractivity contribution in [3.63, 3.8) is 0 Å². The van der Waals surface area contributed by atoms with Gasteiger partial charge in [0.2, 0.25) is 0 Å². The Hall–Kier alpha value is -3.47. The molecule has 0 heterocycles. The maximum Gasteiger partial charge on any atom is 0.133 e. The van der Waals surface area contributed by atoms with Gasteiger partial charge in [-0.05, 0) is 120 Å². The van der Waals surface area contributed by atoms with Crippen molar-refractivity contribution in [2.45, 2.75) is 130 Å². The number of ketones is 1. The van der Waals surface area contributed by atoms with Crippen LogP contribution in [0.4, 0.5) is 0 Å². The van der Waals surface area contributed by atoms with Gasteiger partial charge in [0.05, 0.1) is 28.4 Å². The Bertz CT molecular complexity index is 1320. The number of aryl methyl sites for hydroxylation is 2. The normalized spacial score (nSPS) is 20.1. The summed E-state index contributed by atoms with van der Waals surface area (Å²) in [7, 11) is 6.94. The van der Waals surface area contributed by atoms with Gasteiger partial charge in [-0.3, -0.25) is 4.79 Å². The molecule has 2 aromatic carbocycles. The van der Waals surface area contributed by atoms with E-state index in [1.54, 1.807) is 35.4 Å². The lowest BCUT2D eigenvalue weighted by atomic mass is 9.74. The SMILES string of the molecule is C=C([13CH3])[C@@H]1CCC(C)=C[C@H]1c1c(OC)cc(CCCCC)cc1OC.CCCCCc1cc(OC)c([C@@H]2C=C(C)CC[C@H]2C([13CH3])=O)c(OC)c1. The van der Waals surface area contributed by atoms with Crippen molar-refractivity contribution >= 4 is 5.78 Å². The van der Waals surface area contributed by atoms with Gasteiger partial charge in [-0.15, -0.1) is 0 Å². The van der Waals surface area contributed by atoms with Gasteiger partial charge in [-0.1, -0.05) is 75.0 Å². The van der Waals surface area contributed by atoms with Crippen LogP contribution in [0.3, 0.4) is 0 Å². The monoisotopic (exact) mass is 688 g/mol. The van der Waals surface area contributed by atoms with E-state index in [1.807, 2.05) is 0 Å². The fourth-order valence-corrected chi connectivity index (χ4v) is 7.81. The average molecular weight is 689 g/mol. The lowest BCUT2D eigenvalue weighted by Crippen LogP contribution is -2.23. The van der Waals surface area contributed by atoms with Crippen LogP contribution < -0.4 is 18.9 Å². The number of ether oxygens (including phenoxy) is 4. The summed E-state index contributed by atoms with van der Waals surface area (Å²) in [5.41, 5.74) is 8.75. The summed E-state index contributed by atoms with van der Waals surface area (Å²) in [6.07, 6.45) is 18.2. The van der Waals surface area contributed by atoms with Crippen molar-refractivity contribution in [2.24, 2.45) is 11.8 Å². The van der Waals surface area contributed by atoms with Gasteiger partial charge in [0.15, 0.2) is 0 Å². The highest BCUT2D eigenvalue weighted by atomic mass is 16.5. The van der Waals surface area contributed by atoms with Crippen LogP contribution in [-0.2, 0) is 17.6 Å². The highest BCUT2D eigenvalue weighted by molar-refractivity contribution is 5.80. The zero-order chi connectivity index (χ0) is 36.8.